The first-order chi connectivity index (χ1) is 8.53. The number of carboxylic acid groups (broad SMARTS) is 1. The molecular formula is C13H15FN2O2. The quantitative estimate of drug-likeness (QED) is 0.790. The molecule has 0 bridgehead atoms. The average Bonchev–Trinajstić information content (AvgIpc) is 2.30. The van der Waals surface area contributed by atoms with Crippen molar-refractivity contribution in [2.75, 3.05) is 0 Å². The van der Waals surface area contributed by atoms with Crippen LogP contribution in [-0.4, -0.2) is 21.5 Å². The lowest BCUT2D eigenvalue weighted by molar-refractivity contribution is -0.122. The summed E-state index contributed by atoms with van der Waals surface area (Å²) < 4.78 is 13.6. The summed E-state index contributed by atoms with van der Waals surface area (Å²) in [5, 5.41) is 6.89. The van der Waals surface area contributed by atoms with Crippen LogP contribution in [0.3, 0.4) is 0 Å². The zero-order valence-corrected chi connectivity index (χ0v) is 10.6. The summed E-state index contributed by atoms with van der Waals surface area (Å²) in [7, 11) is 0. The number of carbonyl (C=O) groups is 1. The first-order valence-corrected chi connectivity index (χ1v) is 5.54. The van der Waals surface area contributed by atoms with Crippen molar-refractivity contribution in [3.05, 3.63) is 34.9 Å². The van der Waals surface area contributed by atoms with Crippen molar-refractivity contribution >= 4 is 17.5 Å². The van der Waals surface area contributed by atoms with Crippen molar-refractivity contribution in [2.24, 2.45) is 0 Å². The minimum absolute atomic E-state index is 0.250. The van der Waals surface area contributed by atoms with Crippen LogP contribution in [0.2, 0.25) is 0 Å². The Kier molecular flexibility index (Phi) is 4.71. The predicted octanol–water partition coefficient (Wildman–Crippen LogP) is 2.65. The number of halogens is 1. The number of rotatable bonds is 1. The van der Waals surface area contributed by atoms with Gasteiger partial charge in [0.05, 0.1) is 16.9 Å². The van der Waals surface area contributed by atoms with Crippen LogP contribution in [0.15, 0.2) is 12.1 Å². The van der Waals surface area contributed by atoms with Crippen molar-refractivity contribution in [1.82, 2.24) is 9.97 Å². The molecule has 0 fully saturated rings. The Morgan fingerprint density at radius 2 is 1.94 bits per heavy atom. The van der Waals surface area contributed by atoms with Gasteiger partial charge >= 0.3 is 0 Å². The van der Waals surface area contributed by atoms with Crippen molar-refractivity contribution in [2.45, 2.75) is 27.2 Å². The lowest BCUT2D eigenvalue weighted by Crippen LogP contribution is -1.99. The van der Waals surface area contributed by atoms with Gasteiger partial charge in [-0.2, -0.15) is 0 Å². The lowest BCUT2D eigenvalue weighted by atomic mass is 10.2. The smallest absolute Gasteiger partial charge is 0.290 e. The summed E-state index contributed by atoms with van der Waals surface area (Å²) >= 11 is 0. The first-order valence-electron chi connectivity index (χ1n) is 5.54. The molecule has 1 heterocycles. The number of aryl methyl sites for hydroxylation is 3. The van der Waals surface area contributed by atoms with Crippen molar-refractivity contribution in [3.8, 4) is 0 Å². The van der Waals surface area contributed by atoms with Crippen molar-refractivity contribution in [1.29, 1.82) is 0 Å². The Balaban J connectivity index is 0.000000492. The highest BCUT2D eigenvalue weighted by molar-refractivity contribution is 5.76. The molecule has 1 aromatic carbocycles. The molecule has 0 saturated heterocycles. The Morgan fingerprint density at radius 1 is 1.33 bits per heavy atom. The van der Waals surface area contributed by atoms with Gasteiger partial charge in [-0.25, -0.2) is 14.4 Å². The van der Waals surface area contributed by atoms with E-state index in [-0.39, 0.29) is 12.3 Å². The molecule has 4 nitrogen and oxygen atoms in total. The van der Waals surface area contributed by atoms with E-state index in [0.717, 1.165) is 23.4 Å². The fraction of sp³-hybridized carbons (Fsp3) is 0.308. The molecule has 5 heteroatoms. The normalized spacial score (nSPS) is 9.78. The minimum atomic E-state index is -0.289. The molecule has 1 N–H and O–H groups in total. The van der Waals surface area contributed by atoms with Gasteiger partial charge in [0.2, 0.25) is 0 Å². The van der Waals surface area contributed by atoms with Crippen molar-refractivity contribution < 1.29 is 14.3 Å². The zero-order valence-electron chi connectivity index (χ0n) is 10.6. The van der Waals surface area contributed by atoms with E-state index in [9.17, 15) is 4.39 Å². The van der Waals surface area contributed by atoms with E-state index in [4.69, 9.17) is 9.90 Å². The van der Waals surface area contributed by atoms with E-state index in [1.165, 1.54) is 6.07 Å². The third kappa shape index (κ3) is 3.00. The minimum Gasteiger partial charge on any atom is -0.483 e. The molecule has 2 aromatic rings. The van der Waals surface area contributed by atoms with Crippen LogP contribution >= 0.6 is 0 Å². The molecule has 0 spiro atoms. The predicted molar refractivity (Wildman–Crippen MR) is 67.0 cm³/mol. The maximum atomic E-state index is 13.6. The van der Waals surface area contributed by atoms with Crippen molar-refractivity contribution in [3.63, 3.8) is 0 Å². The molecule has 0 saturated carbocycles. The summed E-state index contributed by atoms with van der Waals surface area (Å²) in [4.78, 5) is 17.0. The number of hydrogen-bond acceptors (Lipinski definition) is 3. The number of aromatic nitrogens is 2. The summed E-state index contributed by atoms with van der Waals surface area (Å²) in [6.45, 7) is 5.50. The van der Waals surface area contributed by atoms with E-state index >= 15 is 0 Å². The van der Waals surface area contributed by atoms with Gasteiger partial charge < -0.3 is 5.11 Å². The molecular weight excluding hydrogens is 235 g/mol. The first kappa shape index (κ1) is 14.0. The molecule has 1 aromatic heterocycles. The third-order valence-corrected chi connectivity index (χ3v) is 2.48. The van der Waals surface area contributed by atoms with Gasteiger partial charge in [-0.1, -0.05) is 6.92 Å². The zero-order chi connectivity index (χ0) is 13.7. The lowest BCUT2D eigenvalue weighted by Gasteiger charge is -2.05. The molecule has 0 unspecified atom stereocenters. The largest absolute Gasteiger partial charge is 0.483 e. The third-order valence-electron chi connectivity index (χ3n) is 2.48. The molecule has 0 aliphatic carbocycles. The van der Waals surface area contributed by atoms with Gasteiger partial charge in [0, 0.05) is 0 Å². The van der Waals surface area contributed by atoms with Gasteiger partial charge in [-0.05, 0) is 38.0 Å². The number of benzene rings is 1. The second-order valence-corrected chi connectivity index (χ2v) is 3.83. The topological polar surface area (TPSA) is 63.1 Å². The second-order valence-electron chi connectivity index (χ2n) is 3.83. The maximum absolute atomic E-state index is 13.6. The van der Waals surface area contributed by atoms with Crippen LogP contribution in [0.25, 0.3) is 11.0 Å². The summed E-state index contributed by atoms with van der Waals surface area (Å²) in [5.41, 5.74) is 3.64. The number of hydrogen-bond donors (Lipinski definition) is 1. The SMILES string of the molecule is CCc1nc2cc(C)cc(F)c2nc1C.O=CO. The standard InChI is InChI=1S/C12H13FN2.CH2O2/c1-4-10-8(3)14-12-9(13)5-7(2)6-11(12)15-10;2-1-3/h5-6H,4H2,1-3H3;1H,(H,2,3). The van der Waals surface area contributed by atoms with E-state index in [1.54, 1.807) is 0 Å². The second kappa shape index (κ2) is 6.05. The van der Waals surface area contributed by atoms with Crippen LogP contribution < -0.4 is 0 Å². The van der Waals surface area contributed by atoms with Crippen LogP contribution in [-0.2, 0) is 11.2 Å². The van der Waals surface area contributed by atoms with Gasteiger partial charge in [0.15, 0.2) is 5.82 Å². The summed E-state index contributed by atoms with van der Waals surface area (Å²) in [6, 6.07) is 3.35. The molecule has 0 aliphatic rings. The monoisotopic (exact) mass is 250 g/mol. The van der Waals surface area contributed by atoms with Gasteiger partial charge in [0.25, 0.3) is 6.47 Å². The molecule has 0 aliphatic heterocycles. The molecule has 18 heavy (non-hydrogen) atoms. The van der Waals surface area contributed by atoms with E-state index < -0.39 is 0 Å². The highest BCUT2D eigenvalue weighted by Gasteiger charge is 2.08. The fourth-order valence-electron chi connectivity index (χ4n) is 1.71. The van der Waals surface area contributed by atoms with E-state index in [2.05, 4.69) is 9.97 Å². The molecule has 0 amide bonds. The van der Waals surface area contributed by atoms with Crippen LogP contribution in [0, 0.1) is 19.7 Å². The Hall–Kier alpha value is -2.04. The highest BCUT2D eigenvalue weighted by Crippen LogP contribution is 2.18. The number of fused-ring (bicyclic) bond motifs is 1. The van der Waals surface area contributed by atoms with Crippen LogP contribution in [0.5, 0.6) is 0 Å². The Labute approximate surface area is 105 Å². The van der Waals surface area contributed by atoms with Gasteiger partial charge in [-0.15, -0.1) is 0 Å². The summed E-state index contributed by atoms with van der Waals surface area (Å²) in [6.07, 6.45) is 0.824. The van der Waals surface area contributed by atoms with E-state index in [0.29, 0.717) is 11.0 Å². The maximum Gasteiger partial charge on any atom is 0.290 e. The fourth-order valence-corrected chi connectivity index (χ4v) is 1.71. The molecule has 0 radical (unpaired) electrons. The summed E-state index contributed by atoms with van der Waals surface area (Å²) in [5.74, 6) is -0.289. The van der Waals surface area contributed by atoms with Gasteiger partial charge in [0.1, 0.15) is 5.52 Å². The van der Waals surface area contributed by atoms with Gasteiger partial charge in [-0.3, -0.25) is 4.79 Å². The van der Waals surface area contributed by atoms with E-state index in [1.807, 2.05) is 26.8 Å². The molecule has 96 valence electrons. The Morgan fingerprint density at radius 3 is 2.50 bits per heavy atom. The number of nitrogens with zero attached hydrogens (tertiary/aromatic N) is 2. The molecule has 2 rings (SSSR count). The van der Waals surface area contributed by atoms with Crippen LogP contribution in [0.4, 0.5) is 4.39 Å². The Bertz CT molecular complexity index is 570. The van der Waals surface area contributed by atoms with Crippen LogP contribution in [0.1, 0.15) is 23.9 Å². The average molecular weight is 250 g/mol. The highest BCUT2D eigenvalue weighted by atomic mass is 19.1. The molecule has 0 atom stereocenters.